The molecule has 3 aromatic rings. The number of aliphatic hydroxyl groups is 1. The summed E-state index contributed by atoms with van der Waals surface area (Å²) < 4.78 is 24.3. The molecule has 6 nitrogen and oxygen atoms in total. The van der Waals surface area contributed by atoms with Crippen molar-refractivity contribution < 1.29 is 28.6 Å². The molecule has 0 bridgehead atoms. The minimum absolute atomic E-state index is 0.0368. The molecule has 0 aliphatic carbocycles. The van der Waals surface area contributed by atoms with Gasteiger partial charge >= 0.3 is 0 Å². The van der Waals surface area contributed by atoms with Crippen LogP contribution in [0.2, 0.25) is 10.0 Å². The van der Waals surface area contributed by atoms with E-state index >= 15 is 0 Å². The number of hydrogen-bond donors (Lipinski definition) is 1. The van der Waals surface area contributed by atoms with E-state index in [0.717, 1.165) is 0 Å². The maximum Gasteiger partial charge on any atom is 0.300 e. The highest BCUT2D eigenvalue weighted by molar-refractivity contribution is 6.52. The number of carbonyl (C=O) groups excluding carboxylic acids is 2. The number of ketones is 1. The summed E-state index contributed by atoms with van der Waals surface area (Å²) in [5, 5.41) is 11.7. The largest absolute Gasteiger partial charge is 0.507 e. The standard InChI is InChI=1S/C24H14Cl2FNO5/c25-14-8-15(26)10-17(9-14)28-21(12-1-4-16(27)5-2-12)20(23(30)24(28)31)22(29)13-3-6-18-19(7-13)33-11-32-18/h1-10,21,29H,11H2/b22-20-. The highest BCUT2D eigenvalue weighted by Gasteiger charge is 2.47. The van der Waals surface area contributed by atoms with Gasteiger partial charge in [0.15, 0.2) is 11.5 Å². The molecule has 0 spiro atoms. The van der Waals surface area contributed by atoms with E-state index in [1.165, 1.54) is 53.4 Å². The molecule has 166 valence electrons. The van der Waals surface area contributed by atoms with Crippen molar-refractivity contribution >= 4 is 46.3 Å². The van der Waals surface area contributed by atoms with Crippen molar-refractivity contribution in [1.29, 1.82) is 0 Å². The summed E-state index contributed by atoms with van der Waals surface area (Å²) in [5.74, 6) is -1.79. The van der Waals surface area contributed by atoms with Gasteiger partial charge in [0.1, 0.15) is 11.6 Å². The van der Waals surface area contributed by atoms with Crippen LogP contribution in [0.1, 0.15) is 17.2 Å². The lowest BCUT2D eigenvalue weighted by molar-refractivity contribution is -0.132. The number of hydrogen-bond acceptors (Lipinski definition) is 5. The van der Waals surface area contributed by atoms with Crippen molar-refractivity contribution in [3.05, 3.63) is 93.2 Å². The second kappa shape index (κ2) is 8.10. The summed E-state index contributed by atoms with van der Waals surface area (Å²) in [6.07, 6.45) is 0. The number of amides is 1. The molecule has 9 heteroatoms. The molecule has 1 N–H and O–H groups in total. The van der Waals surface area contributed by atoms with Gasteiger partial charge in [-0.1, -0.05) is 35.3 Å². The first-order valence-electron chi connectivity index (χ1n) is 9.76. The molecule has 1 saturated heterocycles. The fraction of sp³-hybridized carbons (Fsp3) is 0.0833. The normalized spacial score (nSPS) is 18.8. The Morgan fingerprint density at radius 3 is 2.30 bits per heavy atom. The molecule has 3 aromatic carbocycles. The Balaban J connectivity index is 1.72. The van der Waals surface area contributed by atoms with Crippen LogP contribution in [0.4, 0.5) is 10.1 Å². The van der Waals surface area contributed by atoms with Gasteiger partial charge in [-0.15, -0.1) is 0 Å². The van der Waals surface area contributed by atoms with Crippen LogP contribution in [0.15, 0.2) is 66.2 Å². The van der Waals surface area contributed by atoms with Crippen LogP contribution in [0.3, 0.4) is 0 Å². The molecule has 5 rings (SSSR count). The molecule has 1 fully saturated rings. The summed E-state index contributed by atoms with van der Waals surface area (Å²) in [4.78, 5) is 27.5. The summed E-state index contributed by atoms with van der Waals surface area (Å²) in [7, 11) is 0. The Morgan fingerprint density at radius 2 is 1.61 bits per heavy atom. The van der Waals surface area contributed by atoms with E-state index in [1.54, 1.807) is 12.1 Å². The predicted octanol–water partition coefficient (Wildman–Crippen LogP) is 5.49. The lowest BCUT2D eigenvalue weighted by atomic mass is 9.95. The molecule has 0 saturated carbocycles. The van der Waals surface area contributed by atoms with Crippen LogP contribution in [-0.4, -0.2) is 23.6 Å². The first-order valence-corrected chi connectivity index (χ1v) is 10.5. The molecule has 1 amide bonds. The molecular weight excluding hydrogens is 472 g/mol. The minimum Gasteiger partial charge on any atom is -0.507 e. The zero-order valence-electron chi connectivity index (χ0n) is 16.7. The predicted molar refractivity (Wildman–Crippen MR) is 120 cm³/mol. The van der Waals surface area contributed by atoms with Gasteiger partial charge < -0.3 is 14.6 Å². The van der Waals surface area contributed by atoms with Gasteiger partial charge in [-0.05, 0) is 54.1 Å². The Hall–Kier alpha value is -3.55. The Bertz CT molecular complexity index is 1320. The number of anilines is 1. The fourth-order valence-electron chi connectivity index (χ4n) is 3.94. The van der Waals surface area contributed by atoms with Crippen LogP contribution in [0, 0.1) is 5.82 Å². The molecule has 2 heterocycles. The molecule has 1 unspecified atom stereocenters. The van der Waals surface area contributed by atoms with Crippen LogP contribution in [-0.2, 0) is 9.59 Å². The van der Waals surface area contributed by atoms with Crippen molar-refractivity contribution in [2.24, 2.45) is 0 Å². The SMILES string of the molecule is O=C1C(=O)N(c2cc(Cl)cc(Cl)c2)C(c2ccc(F)cc2)/C1=C(/O)c1ccc2c(c1)OCO2. The number of aliphatic hydroxyl groups excluding tert-OH is 1. The summed E-state index contributed by atoms with van der Waals surface area (Å²) in [5.41, 5.74) is 0.762. The molecule has 0 aromatic heterocycles. The van der Waals surface area contributed by atoms with Crippen molar-refractivity contribution in [2.75, 3.05) is 11.7 Å². The summed E-state index contributed by atoms with van der Waals surface area (Å²) >= 11 is 12.3. The number of Topliss-reactive ketones (excluding diaryl/α,β-unsaturated/α-hetero) is 1. The quantitative estimate of drug-likeness (QED) is 0.301. The number of ether oxygens (including phenoxy) is 2. The molecule has 2 aliphatic rings. The number of benzene rings is 3. The average Bonchev–Trinajstić information content (AvgIpc) is 3.35. The first kappa shape index (κ1) is 21.3. The molecule has 1 atom stereocenters. The van der Waals surface area contributed by atoms with Crippen LogP contribution >= 0.6 is 23.2 Å². The van der Waals surface area contributed by atoms with Gasteiger partial charge in [0, 0.05) is 21.3 Å². The van der Waals surface area contributed by atoms with E-state index in [-0.39, 0.29) is 33.7 Å². The fourth-order valence-corrected chi connectivity index (χ4v) is 4.45. The number of nitrogens with zero attached hydrogens (tertiary/aromatic N) is 1. The van der Waals surface area contributed by atoms with Crippen LogP contribution in [0.25, 0.3) is 5.76 Å². The van der Waals surface area contributed by atoms with Gasteiger partial charge in [-0.25, -0.2) is 4.39 Å². The average molecular weight is 486 g/mol. The van der Waals surface area contributed by atoms with Gasteiger partial charge in [-0.2, -0.15) is 0 Å². The Morgan fingerprint density at radius 1 is 0.939 bits per heavy atom. The molecule has 2 aliphatic heterocycles. The number of fused-ring (bicyclic) bond motifs is 1. The smallest absolute Gasteiger partial charge is 0.300 e. The highest BCUT2D eigenvalue weighted by Crippen LogP contribution is 2.44. The van der Waals surface area contributed by atoms with Crippen LogP contribution in [0.5, 0.6) is 11.5 Å². The maximum absolute atomic E-state index is 13.6. The maximum atomic E-state index is 13.6. The second-order valence-corrected chi connectivity index (χ2v) is 8.29. The van der Waals surface area contributed by atoms with Gasteiger partial charge in [0.05, 0.1) is 11.6 Å². The lowest BCUT2D eigenvalue weighted by Gasteiger charge is -2.25. The van der Waals surface area contributed by atoms with E-state index in [1.807, 2.05) is 0 Å². The van der Waals surface area contributed by atoms with Crippen molar-refractivity contribution in [1.82, 2.24) is 0 Å². The number of rotatable bonds is 3. The second-order valence-electron chi connectivity index (χ2n) is 7.42. The number of carbonyl (C=O) groups is 2. The van der Waals surface area contributed by atoms with Crippen molar-refractivity contribution in [3.63, 3.8) is 0 Å². The van der Waals surface area contributed by atoms with E-state index in [4.69, 9.17) is 32.7 Å². The molecule has 33 heavy (non-hydrogen) atoms. The molecular formula is C24H14Cl2FNO5. The molecule has 0 radical (unpaired) electrons. The zero-order valence-corrected chi connectivity index (χ0v) is 18.2. The van der Waals surface area contributed by atoms with Crippen molar-refractivity contribution in [2.45, 2.75) is 6.04 Å². The topological polar surface area (TPSA) is 76.1 Å². The van der Waals surface area contributed by atoms with Crippen LogP contribution < -0.4 is 14.4 Å². The van der Waals surface area contributed by atoms with E-state index < -0.39 is 29.3 Å². The third-order valence-corrected chi connectivity index (χ3v) is 5.84. The third-order valence-electron chi connectivity index (χ3n) is 5.40. The van der Waals surface area contributed by atoms with E-state index in [0.29, 0.717) is 17.1 Å². The highest BCUT2D eigenvalue weighted by atomic mass is 35.5. The number of halogens is 3. The monoisotopic (exact) mass is 485 g/mol. The third kappa shape index (κ3) is 3.69. The first-order chi connectivity index (χ1) is 15.8. The van der Waals surface area contributed by atoms with Gasteiger partial charge in [0.25, 0.3) is 11.7 Å². The van der Waals surface area contributed by atoms with Crippen molar-refractivity contribution in [3.8, 4) is 11.5 Å². The Labute approximate surface area is 197 Å². The summed E-state index contributed by atoms with van der Waals surface area (Å²) in [6, 6.07) is 13.4. The minimum atomic E-state index is -1.05. The zero-order chi connectivity index (χ0) is 23.3. The Kier molecular flexibility index (Phi) is 5.23. The van der Waals surface area contributed by atoms with E-state index in [9.17, 15) is 19.1 Å². The summed E-state index contributed by atoms with van der Waals surface area (Å²) in [6.45, 7) is 0.0368. The van der Waals surface area contributed by atoms with Gasteiger partial charge in [-0.3, -0.25) is 14.5 Å². The van der Waals surface area contributed by atoms with Gasteiger partial charge in [0.2, 0.25) is 6.79 Å². The van der Waals surface area contributed by atoms with E-state index in [2.05, 4.69) is 0 Å². The lowest BCUT2D eigenvalue weighted by Crippen LogP contribution is -2.29.